The minimum Gasteiger partial charge on any atom is -0.478 e. The topological polar surface area (TPSA) is 94.9 Å². The van der Waals surface area contributed by atoms with Gasteiger partial charge in [-0.2, -0.15) is 4.31 Å². The average molecular weight is 289 g/mol. The molecule has 104 valence electrons. The Morgan fingerprint density at radius 2 is 2.00 bits per heavy atom. The van der Waals surface area contributed by atoms with Crippen LogP contribution in [0.4, 0.5) is 4.39 Å². The van der Waals surface area contributed by atoms with E-state index >= 15 is 0 Å². The predicted octanol–water partition coefficient (Wildman–Crippen LogP) is 0.279. The molecular formula is C11H12FNO5S. The van der Waals surface area contributed by atoms with E-state index in [1.807, 2.05) is 0 Å². The number of β-amino-alcohol motifs (C(OH)–C–C–N with tert-alkyl or cyclic N) is 1. The second kappa shape index (κ2) is 4.26. The molecular weight excluding hydrogens is 277 g/mol. The second-order valence-electron chi connectivity index (χ2n) is 4.72. The highest BCUT2D eigenvalue weighted by Crippen LogP contribution is 2.29. The Balaban J connectivity index is 2.35. The van der Waals surface area contributed by atoms with Crippen LogP contribution < -0.4 is 0 Å². The van der Waals surface area contributed by atoms with Gasteiger partial charge in [-0.05, 0) is 25.1 Å². The molecule has 19 heavy (non-hydrogen) atoms. The van der Waals surface area contributed by atoms with Crippen LogP contribution in [0.15, 0.2) is 23.1 Å². The lowest BCUT2D eigenvalue weighted by molar-refractivity contribution is -0.0427. The van der Waals surface area contributed by atoms with Crippen LogP contribution in [0.1, 0.15) is 17.3 Å². The van der Waals surface area contributed by atoms with Crippen LogP contribution in [0.2, 0.25) is 0 Å². The van der Waals surface area contributed by atoms with Gasteiger partial charge in [-0.15, -0.1) is 0 Å². The number of carboxylic acid groups (broad SMARTS) is 1. The summed E-state index contributed by atoms with van der Waals surface area (Å²) in [7, 11) is -4.04. The van der Waals surface area contributed by atoms with Crippen molar-refractivity contribution in [3.8, 4) is 0 Å². The Hall–Kier alpha value is -1.51. The smallest absolute Gasteiger partial charge is 0.335 e. The molecule has 2 N–H and O–H groups in total. The van der Waals surface area contributed by atoms with Crippen LogP contribution >= 0.6 is 0 Å². The van der Waals surface area contributed by atoms with Crippen molar-refractivity contribution in [1.82, 2.24) is 4.31 Å². The number of aliphatic hydroxyl groups is 1. The number of sulfonamides is 1. The molecule has 0 unspecified atom stereocenters. The van der Waals surface area contributed by atoms with Crippen LogP contribution in [-0.4, -0.2) is 47.6 Å². The van der Waals surface area contributed by atoms with Crippen molar-refractivity contribution < 1.29 is 27.8 Å². The van der Waals surface area contributed by atoms with Gasteiger partial charge in [0.1, 0.15) is 10.7 Å². The third-order valence-electron chi connectivity index (χ3n) is 2.83. The number of aromatic carboxylic acids is 1. The quantitative estimate of drug-likeness (QED) is 0.833. The molecule has 0 bridgehead atoms. The molecule has 0 radical (unpaired) electrons. The number of hydrogen-bond acceptors (Lipinski definition) is 4. The van der Waals surface area contributed by atoms with Crippen LogP contribution in [-0.2, 0) is 10.0 Å². The van der Waals surface area contributed by atoms with Crippen LogP contribution in [0.5, 0.6) is 0 Å². The lowest BCUT2D eigenvalue weighted by Gasteiger charge is -2.42. The van der Waals surface area contributed by atoms with Crippen LogP contribution in [0, 0.1) is 5.82 Å². The minimum atomic E-state index is -4.04. The molecule has 6 nitrogen and oxygen atoms in total. The van der Waals surface area contributed by atoms with Crippen molar-refractivity contribution in [3.05, 3.63) is 29.6 Å². The molecule has 2 rings (SSSR count). The summed E-state index contributed by atoms with van der Waals surface area (Å²) in [4.78, 5) is 10.1. The van der Waals surface area contributed by atoms with E-state index < -0.39 is 32.3 Å². The summed E-state index contributed by atoms with van der Waals surface area (Å²) < 4.78 is 38.7. The Morgan fingerprint density at radius 1 is 1.42 bits per heavy atom. The van der Waals surface area contributed by atoms with Crippen molar-refractivity contribution >= 4 is 16.0 Å². The van der Waals surface area contributed by atoms with Gasteiger partial charge in [-0.25, -0.2) is 17.6 Å². The lowest BCUT2D eigenvalue weighted by Crippen LogP contribution is -2.61. The fourth-order valence-corrected chi connectivity index (χ4v) is 3.59. The number of carboxylic acids is 1. The first-order valence-electron chi connectivity index (χ1n) is 5.39. The summed E-state index contributed by atoms with van der Waals surface area (Å²) in [6.07, 6.45) is 0. The van der Waals surface area contributed by atoms with Gasteiger partial charge in [0.2, 0.25) is 10.0 Å². The molecule has 8 heteroatoms. The molecule has 0 atom stereocenters. The Morgan fingerprint density at radius 3 is 2.42 bits per heavy atom. The summed E-state index contributed by atoms with van der Waals surface area (Å²) in [6, 6.07) is 2.60. The molecule has 1 aliphatic rings. The Kier molecular flexibility index (Phi) is 3.12. The monoisotopic (exact) mass is 289 g/mol. The zero-order valence-electron chi connectivity index (χ0n) is 10.00. The zero-order valence-corrected chi connectivity index (χ0v) is 10.8. The molecule has 0 saturated carbocycles. The fourth-order valence-electron chi connectivity index (χ4n) is 1.87. The maximum atomic E-state index is 13.7. The largest absolute Gasteiger partial charge is 0.478 e. The first-order chi connectivity index (χ1) is 8.63. The third-order valence-corrected chi connectivity index (χ3v) is 4.66. The third kappa shape index (κ3) is 2.46. The molecule has 0 aromatic heterocycles. The molecule has 1 aliphatic heterocycles. The summed E-state index contributed by atoms with van der Waals surface area (Å²) >= 11 is 0. The normalized spacial score (nSPS) is 18.9. The van der Waals surface area contributed by atoms with Crippen molar-refractivity contribution in [2.24, 2.45) is 0 Å². The van der Waals surface area contributed by atoms with Crippen molar-refractivity contribution in [1.29, 1.82) is 0 Å². The maximum absolute atomic E-state index is 13.7. The summed E-state index contributed by atoms with van der Waals surface area (Å²) in [5, 5.41) is 18.2. The first-order valence-corrected chi connectivity index (χ1v) is 6.83. The van der Waals surface area contributed by atoms with Crippen molar-refractivity contribution in [3.63, 3.8) is 0 Å². The molecule has 1 fully saturated rings. The molecule has 0 spiro atoms. The predicted molar refractivity (Wildman–Crippen MR) is 62.7 cm³/mol. The SMILES string of the molecule is CC1(O)CN(S(=O)(=O)c2ccc(C(=O)O)cc2F)C1. The van der Waals surface area contributed by atoms with Gasteiger partial charge in [-0.3, -0.25) is 0 Å². The molecule has 0 amide bonds. The molecule has 0 aliphatic carbocycles. The lowest BCUT2D eigenvalue weighted by atomic mass is 10.0. The maximum Gasteiger partial charge on any atom is 0.335 e. The summed E-state index contributed by atoms with van der Waals surface area (Å²) in [6.45, 7) is 1.24. The van der Waals surface area contributed by atoms with Gasteiger partial charge in [0.25, 0.3) is 0 Å². The van der Waals surface area contributed by atoms with E-state index in [9.17, 15) is 22.7 Å². The molecule has 1 aromatic rings. The van der Waals surface area contributed by atoms with E-state index in [4.69, 9.17) is 5.11 Å². The molecule has 1 heterocycles. The highest BCUT2D eigenvalue weighted by Gasteiger charge is 2.44. The van der Waals surface area contributed by atoms with Gasteiger partial charge in [-0.1, -0.05) is 0 Å². The minimum absolute atomic E-state index is 0.116. The average Bonchev–Trinajstić information content (AvgIpc) is 2.25. The Bertz CT molecular complexity index is 632. The number of carbonyl (C=O) groups is 1. The van der Waals surface area contributed by atoms with Gasteiger partial charge in [0, 0.05) is 13.1 Å². The second-order valence-corrected chi connectivity index (χ2v) is 6.63. The van der Waals surface area contributed by atoms with Gasteiger partial charge >= 0.3 is 5.97 Å². The van der Waals surface area contributed by atoms with E-state index in [-0.39, 0.29) is 18.7 Å². The first kappa shape index (κ1) is 13.9. The van der Waals surface area contributed by atoms with Gasteiger partial charge < -0.3 is 10.2 Å². The van der Waals surface area contributed by atoms with E-state index in [0.29, 0.717) is 6.07 Å². The fraction of sp³-hybridized carbons (Fsp3) is 0.364. The zero-order chi connectivity index (χ0) is 14.4. The van der Waals surface area contributed by atoms with E-state index in [0.717, 1.165) is 16.4 Å². The number of benzene rings is 1. The van der Waals surface area contributed by atoms with Crippen molar-refractivity contribution in [2.75, 3.05) is 13.1 Å². The van der Waals surface area contributed by atoms with Crippen LogP contribution in [0.25, 0.3) is 0 Å². The van der Waals surface area contributed by atoms with Crippen molar-refractivity contribution in [2.45, 2.75) is 17.4 Å². The summed E-state index contributed by atoms with van der Waals surface area (Å²) in [5.74, 6) is -2.46. The number of hydrogen-bond donors (Lipinski definition) is 2. The van der Waals surface area contributed by atoms with Gasteiger partial charge in [0.15, 0.2) is 0 Å². The molecule has 1 aromatic carbocycles. The van der Waals surface area contributed by atoms with Crippen LogP contribution in [0.3, 0.4) is 0 Å². The number of halogens is 1. The van der Waals surface area contributed by atoms with Gasteiger partial charge in [0.05, 0.1) is 11.2 Å². The van der Waals surface area contributed by atoms with E-state index in [1.54, 1.807) is 0 Å². The van der Waals surface area contributed by atoms with E-state index in [1.165, 1.54) is 6.92 Å². The standard InChI is InChI=1S/C11H12FNO5S/c1-11(16)5-13(6-11)19(17,18)9-3-2-7(10(14)15)4-8(9)12/h2-4,16H,5-6H2,1H3,(H,14,15). The van der Waals surface area contributed by atoms with E-state index in [2.05, 4.69) is 0 Å². The highest BCUT2D eigenvalue weighted by atomic mass is 32.2. The Labute approximate surface area is 109 Å². The number of nitrogens with zero attached hydrogens (tertiary/aromatic N) is 1. The molecule has 1 saturated heterocycles. The summed E-state index contributed by atoms with van der Waals surface area (Å²) in [5.41, 5.74) is -1.43. The number of rotatable bonds is 3. The highest BCUT2D eigenvalue weighted by molar-refractivity contribution is 7.89.